The van der Waals surface area contributed by atoms with Gasteiger partial charge in [0.25, 0.3) is 0 Å². The van der Waals surface area contributed by atoms with Crippen molar-refractivity contribution in [1.29, 1.82) is 0 Å². The minimum absolute atomic E-state index is 0.197. The van der Waals surface area contributed by atoms with Gasteiger partial charge in [-0.25, -0.2) is 9.59 Å². The predicted molar refractivity (Wildman–Crippen MR) is 104 cm³/mol. The maximum absolute atomic E-state index is 12.7. The second-order valence-electron chi connectivity index (χ2n) is 7.31. The van der Waals surface area contributed by atoms with Crippen LogP contribution in [-0.2, 0) is 12.8 Å². The van der Waals surface area contributed by atoms with Crippen LogP contribution in [0, 0.1) is 0 Å². The van der Waals surface area contributed by atoms with Gasteiger partial charge in [-0.15, -0.1) is 0 Å². The van der Waals surface area contributed by atoms with E-state index < -0.39 is 5.97 Å². The fourth-order valence-corrected chi connectivity index (χ4v) is 4.44. The Morgan fingerprint density at radius 2 is 1.78 bits per heavy atom. The number of carbonyl (C=O) groups is 1. The largest absolute Gasteiger partial charge is 0.478 e. The third-order valence-corrected chi connectivity index (χ3v) is 5.66. The lowest BCUT2D eigenvalue weighted by atomic mass is 9.89. The first kappa shape index (κ1) is 16.1. The van der Waals surface area contributed by atoms with Crippen molar-refractivity contribution in [1.82, 2.24) is 0 Å². The monoisotopic (exact) mass is 361 g/mol. The molecule has 1 N–H and O–H groups in total. The molecule has 5 rings (SSSR count). The summed E-state index contributed by atoms with van der Waals surface area (Å²) in [5, 5.41) is 10.0. The molecule has 3 aromatic rings. The van der Waals surface area contributed by atoms with E-state index in [0.29, 0.717) is 16.7 Å². The summed E-state index contributed by atoms with van der Waals surface area (Å²) in [5.41, 5.74) is 5.44. The van der Waals surface area contributed by atoms with E-state index in [1.165, 1.54) is 28.9 Å². The van der Waals surface area contributed by atoms with Crippen LogP contribution in [0.2, 0.25) is 0 Å². The first-order chi connectivity index (χ1) is 13.1. The Balaban J connectivity index is 1.70. The number of rotatable bonds is 2. The Kier molecular flexibility index (Phi) is 3.57. The molecule has 0 radical (unpaired) electrons. The number of nitrogens with zero attached hydrogens (tertiary/aromatic N) is 1. The molecule has 0 unspecified atom stereocenters. The fourth-order valence-electron chi connectivity index (χ4n) is 4.44. The van der Waals surface area contributed by atoms with Gasteiger partial charge in [-0.1, -0.05) is 12.1 Å². The lowest BCUT2D eigenvalue weighted by Crippen LogP contribution is -2.34. The van der Waals surface area contributed by atoms with Gasteiger partial charge in [-0.3, -0.25) is 0 Å². The molecule has 0 saturated heterocycles. The van der Waals surface area contributed by atoms with Gasteiger partial charge < -0.3 is 14.4 Å². The van der Waals surface area contributed by atoms with E-state index in [2.05, 4.69) is 11.0 Å². The van der Waals surface area contributed by atoms with E-state index in [-0.39, 0.29) is 11.2 Å². The molecule has 0 atom stereocenters. The van der Waals surface area contributed by atoms with E-state index in [4.69, 9.17) is 9.52 Å². The highest BCUT2D eigenvalue weighted by molar-refractivity contribution is 5.91. The van der Waals surface area contributed by atoms with Gasteiger partial charge in [0.05, 0.1) is 11.1 Å². The van der Waals surface area contributed by atoms with Gasteiger partial charge in [0.15, 0.2) is 0 Å². The van der Waals surface area contributed by atoms with Crippen molar-refractivity contribution in [3.05, 3.63) is 63.5 Å². The number of benzene rings is 2. The van der Waals surface area contributed by atoms with Gasteiger partial charge in [0.1, 0.15) is 5.58 Å². The van der Waals surface area contributed by atoms with Gasteiger partial charge in [0.2, 0.25) is 0 Å². The van der Waals surface area contributed by atoms with Crippen LogP contribution in [0.25, 0.3) is 22.1 Å². The molecular formula is C22H19NO4. The summed E-state index contributed by atoms with van der Waals surface area (Å²) in [6.45, 7) is 2.15. The average molecular weight is 361 g/mol. The summed E-state index contributed by atoms with van der Waals surface area (Å²) in [4.78, 5) is 26.2. The number of hydrogen-bond donors (Lipinski definition) is 1. The van der Waals surface area contributed by atoms with E-state index in [0.717, 1.165) is 44.2 Å². The van der Waals surface area contributed by atoms with Crippen molar-refractivity contribution in [2.75, 3.05) is 18.0 Å². The third kappa shape index (κ3) is 2.53. The van der Waals surface area contributed by atoms with Crippen molar-refractivity contribution in [3.63, 3.8) is 0 Å². The minimum Gasteiger partial charge on any atom is -0.478 e. The first-order valence-corrected chi connectivity index (χ1v) is 9.33. The minimum atomic E-state index is -0.984. The SMILES string of the molecule is O=C(O)c1ccc(-c2cc3cc4c5c(c3oc2=O)CCCN5CCC4)cc1. The fraction of sp³-hybridized carbons (Fsp3) is 0.273. The van der Waals surface area contributed by atoms with Gasteiger partial charge >= 0.3 is 11.6 Å². The average Bonchev–Trinajstić information content (AvgIpc) is 2.69. The highest BCUT2D eigenvalue weighted by Crippen LogP contribution is 2.40. The van der Waals surface area contributed by atoms with Gasteiger partial charge in [0, 0.05) is 29.7 Å². The lowest BCUT2D eigenvalue weighted by molar-refractivity contribution is 0.0697. The number of carboxylic acid groups (broad SMARTS) is 1. The summed E-state index contributed by atoms with van der Waals surface area (Å²) >= 11 is 0. The van der Waals surface area contributed by atoms with Crippen LogP contribution >= 0.6 is 0 Å². The summed E-state index contributed by atoms with van der Waals surface area (Å²) in [6, 6.07) is 10.4. The zero-order valence-electron chi connectivity index (χ0n) is 14.8. The molecule has 2 aliphatic rings. The molecule has 27 heavy (non-hydrogen) atoms. The second-order valence-corrected chi connectivity index (χ2v) is 7.31. The third-order valence-electron chi connectivity index (χ3n) is 5.66. The Morgan fingerprint density at radius 3 is 2.52 bits per heavy atom. The first-order valence-electron chi connectivity index (χ1n) is 9.33. The molecule has 5 nitrogen and oxygen atoms in total. The molecule has 3 heterocycles. The Hall–Kier alpha value is -3.08. The quantitative estimate of drug-likeness (QED) is 0.702. The molecule has 0 fully saturated rings. The van der Waals surface area contributed by atoms with Crippen LogP contribution in [-0.4, -0.2) is 24.2 Å². The maximum Gasteiger partial charge on any atom is 0.344 e. The number of aryl methyl sites for hydroxylation is 2. The van der Waals surface area contributed by atoms with E-state index in [1.54, 1.807) is 12.1 Å². The maximum atomic E-state index is 12.7. The van der Waals surface area contributed by atoms with Crippen LogP contribution in [0.15, 0.2) is 45.6 Å². The number of hydrogen-bond acceptors (Lipinski definition) is 4. The number of fused-ring (bicyclic) bond motifs is 2. The lowest BCUT2D eigenvalue weighted by Gasteiger charge is -2.37. The van der Waals surface area contributed by atoms with Crippen molar-refractivity contribution < 1.29 is 14.3 Å². The summed E-state index contributed by atoms with van der Waals surface area (Å²) in [7, 11) is 0. The highest BCUT2D eigenvalue weighted by Gasteiger charge is 2.27. The van der Waals surface area contributed by atoms with Crippen LogP contribution in [0.5, 0.6) is 0 Å². The molecule has 0 spiro atoms. The summed E-state index contributed by atoms with van der Waals surface area (Å²) < 4.78 is 5.80. The number of carboxylic acids is 1. The van der Waals surface area contributed by atoms with E-state index >= 15 is 0 Å². The van der Waals surface area contributed by atoms with E-state index in [9.17, 15) is 9.59 Å². The van der Waals surface area contributed by atoms with Crippen LogP contribution in [0.1, 0.15) is 34.3 Å². The molecule has 0 amide bonds. The predicted octanol–water partition coefficient (Wildman–Crippen LogP) is 3.86. The smallest absolute Gasteiger partial charge is 0.344 e. The molecular weight excluding hydrogens is 342 g/mol. The normalized spacial score (nSPS) is 15.6. The Morgan fingerprint density at radius 1 is 1.04 bits per heavy atom. The molecule has 2 aliphatic heterocycles. The van der Waals surface area contributed by atoms with E-state index in [1.807, 2.05) is 6.07 Å². The van der Waals surface area contributed by atoms with Crippen molar-refractivity contribution in [2.24, 2.45) is 0 Å². The molecule has 1 aromatic heterocycles. The van der Waals surface area contributed by atoms with Crippen molar-refractivity contribution in [2.45, 2.75) is 25.7 Å². The highest BCUT2D eigenvalue weighted by atomic mass is 16.4. The Labute approximate surface area is 155 Å². The topological polar surface area (TPSA) is 70.7 Å². The van der Waals surface area contributed by atoms with Crippen molar-refractivity contribution >= 4 is 22.6 Å². The van der Waals surface area contributed by atoms with Crippen LogP contribution in [0.3, 0.4) is 0 Å². The zero-order chi connectivity index (χ0) is 18.5. The molecule has 5 heteroatoms. The molecule has 136 valence electrons. The summed E-state index contributed by atoms with van der Waals surface area (Å²) in [5.74, 6) is -0.984. The standard InChI is InChI=1S/C22H19NO4/c24-21(25)14-7-5-13(6-8-14)18-12-16-11-15-3-1-9-23-10-2-4-17(19(15)23)20(16)27-22(18)26/h5-8,11-12H,1-4,9-10H2,(H,24,25). The van der Waals surface area contributed by atoms with Crippen molar-refractivity contribution in [3.8, 4) is 11.1 Å². The second kappa shape index (κ2) is 5.98. The number of aromatic carboxylic acids is 1. The van der Waals surface area contributed by atoms with Crippen LogP contribution < -0.4 is 10.5 Å². The van der Waals surface area contributed by atoms with Gasteiger partial charge in [-0.2, -0.15) is 0 Å². The van der Waals surface area contributed by atoms with Crippen LogP contribution in [0.4, 0.5) is 5.69 Å². The molecule has 2 aromatic carbocycles. The number of anilines is 1. The molecule has 0 saturated carbocycles. The molecule has 0 aliphatic carbocycles. The van der Waals surface area contributed by atoms with Gasteiger partial charge in [-0.05, 0) is 61.1 Å². The molecule has 0 bridgehead atoms. The summed E-state index contributed by atoms with van der Waals surface area (Å²) in [6.07, 6.45) is 4.22. The Bertz CT molecular complexity index is 1130. The zero-order valence-corrected chi connectivity index (χ0v) is 14.8.